The number of nitrogens with zero attached hydrogens (tertiary/aromatic N) is 2. The lowest BCUT2D eigenvalue weighted by molar-refractivity contribution is -0.128. The van der Waals surface area contributed by atoms with Gasteiger partial charge in [0, 0.05) is 0 Å². The number of hydrogen-bond acceptors (Lipinski definition) is 9. The van der Waals surface area contributed by atoms with Crippen molar-refractivity contribution >= 4 is 29.4 Å². The van der Waals surface area contributed by atoms with Gasteiger partial charge in [-0.25, -0.2) is 0 Å². The second kappa shape index (κ2) is 18.5. The van der Waals surface area contributed by atoms with E-state index >= 15 is 4.79 Å². The molecule has 0 aromatic heterocycles. The minimum absolute atomic E-state index is 0.0632. The van der Waals surface area contributed by atoms with Crippen molar-refractivity contribution in [2.24, 2.45) is 11.8 Å². The number of fused-ring (bicyclic) bond motifs is 2. The Morgan fingerprint density at radius 3 is 1.14 bits per heavy atom. The third-order valence-electron chi connectivity index (χ3n) is 10.6. The number of carbonyl (C=O) groups excluding carboxylic acids is 5. The lowest BCUT2D eigenvalue weighted by Gasteiger charge is -2.34. The quantitative estimate of drug-likeness (QED) is 0.0818. The minimum Gasteiger partial charge on any atom is -0.494 e. The maximum Gasteiger partial charge on any atom is 0.262 e. The first-order chi connectivity index (χ1) is 28.0. The summed E-state index contributed by atoms with van der Waals surface area (Å²) in [6.45, 7) is 13.3. The van der Waals surface area contributed by atoms with Crippen molar-refractivity contribution in [1.29, 1.82) is 0 Å². The Morgan fingerprint density at radius 1 is 0.500 bits per heavy atom. The van der Waals surface area contributed by atoms with Crippen LogP contribution in [0.1, 0.15) is 107 Å². The highest BCUT2D eigenvalue weighted by Crippen LogP contribution is 2.36. The van der Waals surface area contributed by atoms with Crippen LogP contribution in [-0.4, -0.2) is 77.7 Å². The van der Waals surface area contributed by atoms with Crippen LogP contribution < -0.4 is 18.9 Å². The van der Waals surface area contributed by atoms with E-state index in [9.17, 15) is 19.2 Å². The maximum absolute atomic E-state index is 15.5. The van der Waals surface area contributed by atoms with Crippen molar-refractivity contribution in [1.82, 2.24) is 9.80 Å². The molecule has 11 heteroatoms. The second-order valence-electron chi connectivity index (χ2n) is 14.8. The highest BCUT2D eigenvalue weighted by molar-refractivity contribution is 6.25. The summed E-state index contributed by atoms with van der Waals surface area (Å²) in [6.07, 6.45) is 0.975. The Balaban J connectivity index is 1.40. The Labute approximate surface area is 340 Å². The van der Waals surface area contributed by atoms with Crippen LogP contribution in [0, 0.1) is 11.8 Å². The number of carbonyl (C=O) groups is 5. The summed E-state index contributed by atoms with van der Waals surface area (Å²) in [5.74, 6) is -0.854. The average Bonchev–Trinajstić information content (AvgIpc) is 3.61. The van der Waals surface area contributed by atoms with E-state index in [1.54, 1.807) is 48.5 Å². The molecule has 0 fully saturated rings. The zero-order valence-electron chi connectivity index (χ0n) is 34.1. The van der Waals surface area contributed by atoms with Crippen molar-refractivity contribution < 1.29 is 42.9 Å². The molecule has 0 aliphatic carbocycles. The fraction of sp³-hybridized carbons (Fsp3) is 0.383. The normalized spacial score (nSPS) is 15.5. The topological polar surface area (TPSA) is 129 Å². The summed E-state index contributed by atoms with van der Waals surface area (Å²) < 4.78 is 23.5. The van der Waals surface area contributed by atoms with Gasteiger partial charge in [-0.05, 0) is 137 Å². The van der Waals surface area contributed by atoms with Crippen LogP contribution in [-0.2, 0) is 17.6 Å². The number of amides is 4. The molecule has 0 bridgehead atoms. The first kappa shape index (κ1) is 41.7. The molecule has 4 amide bonds. The molecule has 4 unspecified atom stereocenters. The molecule has 2 heterocycles. The summed E-state index contributed by atoms with van der Waals surface area (Å²) in [7, 11) is 0. The molecule has 304 valence electrons. The third-order valence-corrected chi connectivity index (χ3v) is 10.6. The van der Waals surface area contributed by atoms with Gasteiger partial charge in [0.05, 0.1) is 48.7 Å². The maximum atomic E-state index is 15.5. The smallest absolute Gasteiger partial charge is 0.262 e. The van der Waals surface area contributed by atoms with E-state index in [0.29, 0.717) is 62.3 Å². The zero-order chi connectivity index (χ0) is 41.5. The number of ketones is 1. The predicted octanol–water partition coefficient (Wildman–Crippen LogP) is 8.02. The summed E-state index contributed by atoms with van der Waals surface area (Å²) in [4.78, 5) is 74.4. The summed E-state index contributed by atoms with van der Waals surface area (Å²) in [5.41, 5.74) is 2.49. The summed E-state index contributed by atoms with van der Waals surface area (Å²) >= 11 is 0. The molecule has 4 atom stereocenters. The van der Waals surface area contributed by atoms with Gasteiger partial charge in [-0.2, -0.15) is 0 Å². The first-order valence-electron chi connectivity index (χ1n) is 20.3. The van der Waals surface area contributed by atoms with E-state index < -0.39 is 41.5 Å². The number of hydrogen-bond donors (Lipinski definition) is 0. The van der Waals surface area contributed by atoms with Crippen molar-refractivity contribution in [3.63, 3.8) is 0 Å². The van der Waals surface area contributed by atoms with Crippen LogP contribution in [0.25, 0.3) is 0 Å². The second-order valence-corrected chi connectivity index (χ2v) is 14.8. The van der Waals surface area contributed by atoms with Gasteiger partial charge < -0.3 is 18.9 Å². The van der Waals surface area contributed by atoms with Crippen LogP contribution in [0.5, 0.6) is 23.0 Å². The number of imide groups is 2. The van der Waals surface area contributed by atoms with Gasteiger partial charge in [-0.3, -0.25) is 33.8 Å². The number of ether oxygens (including phenoxy) is 4. The Morgan fingerprint density at radius 2 is 0.828 bits per heavy atom. The van der Waals surface area contributed by atoms with Gasteiger partial charge in [0.25, 0.3) is 23.6 Å². The van der Waals surface area contributed by atoms with E-state index in [1.807, 2.05) is 77.9 Å². The fourth-order valence-electron chi connectivity index (χ4n) is 8.12. The van der Waals surface area contributed by atoms with Crippen LogP contribution in [0.3, 0.4) is 0 Å². The van der Waals surface area contributed by atoms with Gasteiger partial charge in [0.2, 0.25) is 0 Å². The molecule has 0 N–H and O–H groups in total. The lowest BCUT2D eigenvalue weighted by Crippen LogP contribution is -2.55. The molecule has 2 aliphatic rings. The summed E-state index contributed by atoms with van der Waals surface area (Å²) in [5, 5.41) is 0. The summed E-state index contributed by atoms with van der Waals surface area (Å²) in [6, 6.07) is 21.6. The van der Waals surface area contributed by atoms with E-state index in [2.05, 4.69) is 0 Å². The molecule has 6 rings (SSSR count). The number of benzene rings is 4. The molecule has 0 radical (unpaired) electrons. The van der Waals surface area contributed by atoms with Crippen molar-refractivity contribution in [2.45, 2.75) is 79.3 Å². The van der Waals surface area contributed by atoms with Crippen molar-refractivity contribution in [2.75, 3.05) is 26.4 Å². The van der Waals surface area contributed by atoms with Gasteiger partial charge in [0.1, 0.15) is 35.1 Å². The van der Waals surface area contributed by atoms with Gasteiger partial charge in [0.15, 0.2) is 5.78 Å². The minimum atomic E-state index is -1.31. The molecule has 11 nitrogen and oxygen atoms in total. The Hall–Kier alpha value is -5.97. The largest absolute Gasteiger partial charge is 0.494 e. The van der Waals surface area contributed by atoms with Crippen LogP contribution in [0.4, 0.5) is 0 Å². The highest BCUT2D eigenvalue weighted by Gasteiger charge is 2.49. The van der Waals surface area contributed by atoms with Crippen LogP contribution in [0.15, 0.2) is 84.9 Å². The number of rotatable bonds is 20. The molecule has 58 heavy (non-hydrogen) atoms. The van der Waals surface area contributed by atoms with Crippen LogP contribution >= 0.6 is 0 Å². The fourth-order valence-corrected chi connectivity index (χ4v) is 8.12. The van der Waals surface area contributed by atoms with Gasteiger partial charge >= 0.3 is 0 Å². The zero-order valence-corrected chi connectivity index (χ0v) is 34.1. The van der Waals surface area contributed by atoms with Crippen molar-refractivity contribution in [3.8, 4) is 23.0 Å². The van der Waals surface area contributed by atoms with Crippen LogP contribution in [0.2, 0.25) is 0 Å². The van der Waals surface area contributed by atoms with Gasteiger partial charge in [-0.15, -0.1) is 0 Å². The standard InChI is InChI=1S/C47H52N2O9/c1-7-55-33-19-21-41(57-9-3)31(27-33)23-29(5)25-39(48-44(51)35-15-11-12-16-36(35)45(48)52)43(50)40(49-46(53)37-17-13-14-18-38(37)47(49)54)26-30(6)24-32-28-34(56-8-2)20-22-42(32)58-10-4/h11-22,27-30,39-40H,7-10,23-26H2,1-6H3. The molecule has 2 aliphatic heterocycles. The highest BCUT2D eigenvalue weighted by atomic mass is 16.5. The molecule has 4 aromatic rings. The van der Waals surface area contributed by atoms with Crippen molar-refractivity contribution in [3.05, 3.63) is 118 Å². The monoisotopic (exact) mass is 788 g/mol. The molecular formula is C47H52N2O9. The van der Waals surface area contributed by atoms with E-state index in [4.69, 9.17) is 18.9 Å². The molecule has 0 saturated heterocycles. The molecule has 4 aromatic carbocycles. The first-order valence-corrected chi connectivity index (χ1v) is 20.3. The van der Waals surface area contributed by atoms with E-state index in [1.165, 1.54) is 0 Å². The third kappa shape index (κ3) is 8.63. The predicted molar refractivity (Wildman–Crippen MR) is 219 cm³/mol. The van der Waals surface area contributed by atoms with E-state index in [-0.39, 0.29) is 46.9 Å². The lowest BCUT2D eigenvalue weighted by atomic mass is 9.85. The molecule has 0 saturated carbocycles. The SMILES string of the molecule is CCOc1ccc(OCC)c(CC(C)CC(C(=O)C(CC(C)Cc2cc(OCC)ccc2OCC)N2C(=O)c3ccccc3C2=O)N2C(=O)c3ccccc3C2=O)c1. The molecular weight excluding hydrogens is 737 g/mol. The average molecular weight is 789 g/mol. The Kier molecular flexibility index (Phi) is 13.3. The van der Waals surface area contributed by atoms with Gasteiger partial charge in [-0.1, -0.05) is 38.1 Å². The molecule has 0 spiro atoms. The van der Waals surface area contributed by atoms with E-state index in [0.717, 1.165) is 20.9 Å². The number of Topliss-reactive ketones (excluding diaryl/α,β-unsaturated/α-hetero) is 1. The Bertz CT molecular complexity index is 1960.